The van der Waals surface area contributed by atoms with Crippen molar-refractivity contribution in [2.45, 2.75) is 71.0 Å². The molecule has 0 aliphatic rings. The molecule has 0 aliphatic carbocycles. The summed E-state index contributed by atoms with van der Waals surface area (Å²) < 4.78 is 5.24. The van der Waals surface area contributed by atoms with Gasteiger partial charge in [-0.1, -0.05) is 25.5 Å². The van der Waals surface area contributed by atoms with Gasteiger partial charge >= 0.3 is 5.97 Å². The third-order valence-corrected chi connectivity index (χ3v) is 3.42. The summed E-state index contributed by atoms with van der Waals surface area (Å²) in [5.74, 6) is -0.363. The predicted molar refractivity (Wildman–Crippen MR) is 78.9 cm³/mol. The summed E-state index contributed by atoms with van der Waals surface area (Å²) in [6.07, 6.45) is 7.38. The van der Waals surface area contributed by atoms with Gasteiger partial charge in [0.1, 0.15) is 11.7 Å². The van der Waals surface area contributed by atoms with Crippen LogP contribution in [0.4, 0.5) is 0 Å². The summed E-state index contributed by atoms with van der Waals surface area (Å²) in [4.78, 5) is 11.1. The summed E-state index contributed by atoms with van der Waals surface area (Å²) >= 11 is 0. The van der Waals surface area contributed by atoms with E-state index in [2.05, 4.69) is 13.2 Å². The van der Waals surface area contributed by atoms with E-state index < -0.39 is 11.7 Å². The molecule has 0 bridgehead atoms. The molecule has 0 amide bonds. The molecule has 0 fully saturated rings. The Morgan fingerprint density at radius 3 is 2.37 bits per heavy atom. The number of hydrogen-bond donors (Lipinski definition) is 1. The van der Waals surface area contributed by atoms with Crippen molar-refractivity contribution in [1.29, 1.82) is 0 Å². The molecule has 1 N–H and O–H groups in total. The summed E-state index contributed by atoms with van der Waals surface area (Å²) in [5.41, 5.74) is -0.544. The van der Waals surface area contributed by atoms with Gasteiger partial charge in [-0.05, 0) is 45.1 Å². The number of aliphatic hydroxyl groups is 1. The molecule has 0 aromatic carbocycles. The van der Waals surface area contributed by atoms with Gasteiger partial charge < -0.3 is 9.84 Å². The van der Waals surface area contributed by atoms with Gasteiger partial charge in [-0.15, -0.1) is 6.58 Å². The lowest BCUT2D eigenvalue weighted by atomic mass is 9.88. The van der Waals surface area contributed by atoms with Crippen LogP contribution in [-0.2, 0) is 9.53 Å². The molecule has 3 heteroatoms. The van der Waals surface area contributed by atoms with Crippen LogP contribution in [0.15, 0.2) is 24.8 Å². The fourth-order valence-electron chi connectivity index (χ4n) is 1.90. The molecule has 0 aromatic rings. The van der Waals surface area contributed by atoms with Gasteiger partial charge in [-0.2, -0.15) is 0 Å². The van der Waals surface area contributed by atoms with E-state index in [0.29, 0.717) is 12.0 Å². The number of esters is 1. The number of unbranched alkanes of at least 4 members (excludes halogenated alkanes) is 4. The lowest BCUT2D eigenvalue weighted by molar-refractivity contribution is -0.158. The van der Waals surface area contributed by atoms with Crippen molar-refractivity contribution in [3.05, 3.63) is 24.8 Å². The molecule has 0 aromatic heterocycles. The fraction of sp³-hybridized carbons (Fsp3) is 0.688. The second-order valence-corrected chi connectivity index (χ2v) is 5.31. The maximum Gasteiger partial charge on any atom is 0.303 e. The van der Waals surface area contributed by atoms with Gasteiger partial charge in [0.05, 0.1) is 0 Å². The third kappa shape index (κ3) is 7.16. The molecule has 2 unspecified atom stereocenters. The van der Waals surface area contributed by atoms with Crippen molar-refractivity contribution in [2.24, 2.45) is 0 Å². The first kappa shape index (κ1) is 17.9. The molecule has 0 heterocycles. The van der Waals surface area contributed by atoms with E-state index in [1.54, 1.807) is 13.8 Å². The van der Waals surface area contributed by atoms with Crippen LogP contribution in [0.2, 0.25) is 0 Å². The maximum absolute atomic E-state index is 11.1. The Bertz CT molecular complexity index is 305. The Balaban J connectivity index is 4.25. The van der Waals surface area contributed by atoms with Crippen molar-refractivity contribution >= 4 is 5.97 Å². The second-order valence-electron chi connectivity index (χ2n) is 5.31. The second kappa shape index (κ2) is 8.92. The maximum atomic E-state index is 11.1. The zero-order valence-corrected chi connectivity index (χ0v) is 12.6. The van der Waals surface area contributed by atoms with E-state index in [1.807, 2.05) is 6.08 Å². The predicted octanol–water partition coefficient (Wildman–Crippen LogP) is 3.77. The Morgan fingerprint density at radius 2 is 1.89 bits per heavy atom. The molecular formula is C16H28O3. The molecule has 2 atom stereocenters. The third-order valence-electron chi connectivity index (χ3n) is 3.42. The average molecular weight is 268 g/mol. The van der Waals surface area contributed by atoms with Crippen LogP contribution in [0, 0.1) is 0 Å². The molecular weight excluding hydrogens is 240 g/mol. The standard InChI is InChI=1S/C16H28O3/c1-6-7-8-9-10-11-12-15(19-14(4)17)16(5,18)13(2)3/h6,15,18H,1-2,7-12H2,3-5H3. The summed E-state index contributed by atoms with van der Waals surface area (Å²) in [6.45, 7) is 12.2. The van der Waals surface area contributed by atoms with Crippen molar-refractivity contribution in [2.75, 3.05) is 0 Å². The monoisotopic (exact) mass is 268 g/mol. The zero-order chi connectivity index (χ0) is 14.9. The molecule has 0 spiro atoms. The van der Waals surface area contributed by atoms with Crippen LogP contribution in [0.25, 0.3) is 0 Å². The molecule has 110 valence electrons. The molecule has 0 saturated heterocycles. The zero-order valence-electron chi connectivity index (χ0n) is 12.6. The van der Waals surface area contributed by atoms with Crippen molar-refractivity contribution in [3.63, 3.8) is 0 Å². The average Bonchev–Trinajstić information content (AvgIpc) is 2.31. The van der Waals surface area contributed by atoms with Crippen LogP contribution in [0.5, 0.6) is 0 Å². The number of carbonyl (C=O) groups excluding carboxylic acids is 1. The van der Waals surface area contributed by atoms with Crippen LogP contribution < -0.4 is 0 Å². The van der Waals surface area contributed by atoms with Crippen molar-refractivity contribution in [3.8, 4) is 0 Å². The Morgan fingerprint density at radius 1 is 1.32 bits per heavy atom. The van der Waals surface area contributed by atoms with E-state index in [0.717, 1.165) is 32.1 Å². The molecule has 0 aliphatic heterocycles. The molecule has 0 saturated carbocycles. The smallest absolute Gasteiger partial charge is 0.303 e. The highest BCUT2D eigenvalue weighted by Gasteiger charge is 2.34. The Labute approximate surface area is 117 Å². The molecule has 3 nitrogen and oxygen atoms in total. The highest BCUT2D eigenvalue weighted by atomic mass is 16.6. The summed E-state index contributed by atoms with van der Waals surface area (Å²) in [5, 5.41) is 10.4. The van der Waals surface area contributed by atoms with Crippen LogP contribution in [0.3, 0.4) is 0 Å². The number of hydrogen-bond acceptors (Lipinski definition) is 3. The number of carbonyl (C=O) groups is 1. The van der Waals surface area contributed by atoms with Gasteiger partial charge in [-0.25, -0.2) is 0 Å². The summed E-state index contributed by atoms with van der Waals surface area (Å²) in [7, 11) is 0. The minimum absolute atomic E-state index is 0.363. The highest BCUT2D eigenvalue weighted by Crippen LogP contribution is 2.26. The first-order valence-corrected chi connectivity index (χ1v) is 6.98. The first-order valence-electron chi connectivity index (χ1n) is 6.98. The number of allylic oxidation sites excluding steroid dienone is 1. The Kier molecular flexibility index (Phi) is 8.41. The number of rotatable bonds is 10. The van der Waals surface area contributed by atoms with E-state index in [9.17, 15) is 9.90 Å². The fourth-order valence-corrected chi connectivity index (χ4v) is 1.90. The van der Waals surface area contributed by atoms with Gasteiger partial charge in [-0.3, -0.25) is 4.79 Å². The van der Waals surface area contributed by atoms with Gasteiger partial charge in [0.25, 0.3) is 0 Å². The van der Waals surface area contributed by atoms with E-state index in [1.165, 1.54) is 6.92 Å². The van der Waals surface area contributed by atoms with Crippen LogP contribution in [-0.4, -0.2) is 22.8 Å². The topological polar surface area (TPSA) is 46.5 Å². The Hall–Kier alpha value is -1.09. The molecule has 0 radical (unpaired) electrons. The van der Waals surface area contributed by atoms with Crippen molar-refractivity contribution in [1.82, 2.24) is 0 Å². The highest BCUT2D eigenvalue weighted by molar-refractivity contribution is 5.66. The minimum Gasteiger partial charge on any atom is -0.459 e. The lowest BCUT2D eigenvalue weighted by Gasteiger charge is -2.32. The van der Waals surface area contributed by atoms with Crippen LogP contribution in [0.1, 0.15) is 59.3 Å². The largest absolute Gasteiger partial charge is 0.459 e. The molecule has 0 rings (SSSR count). The SMILES string of the molecule is C=CCCCCCCC(OC(C)=O)C(C)(O)C(=C)C. The lowest BCUT2D eigenvalue weighted by Crippen LogP contribution is -2.42. The van der Waals surface area contributed by atoms with Gasteiger partial charge in [0.15, 0.2) is 0 Å². The van der Waals surface area contributed by atoms with Crippen LogP contribution >= 0.6 is 0 Å². The normalized spacial score (nSPS) is 15.4. The quantitative estimate of drug-likeness (QED) is 0.373. The first-order chi connectivity index (χ1) is 8.82. The van der Waals surface area contributed by atoms with Gasteiger partial charge in [0.2, 0.25) is 0 Å². The van der Waals surface area contributed by atoms with Gasteiger partial charge in [0, 0.05) is 6.92 Å². The van der Waals surface area contributed by atoms with E-state index in [-0.39, 0.29) is 5.97 Å². The summed E-state index contributed by atoms with van der Waals surface area (Å²) in [6, 6.07) is 0. The van der Waals surface area contributed by atoms with Crippen molar-refractivity contribution < 1.29 is 14.6 Å². The van der Waals surface area contributed by atoms with E-state index >= 15 is 0 Å². The van der Waals surface area contributed by atoms with E-state index in [4.69, 9.17) is 4.74 Å². The minimum atomic E-state index is -1.16. The number of ether oxygens (including phenoxy) is 1. The molecule has 19 heavy (non-hydrogen) atoms.